The van der Waals surface area contributed by atoms with Gasteiger partial charge in [0.25, 0.3) is 0 Å². The van der Waals surface area contributed by atoms with E-state index in [0.29, 0.717) is 16.8 Å². The fourth-order valence-corrected chi connectivity index (χ4v) is 3.39. The van der Waals surface area contributed by atoms with E-state index < -0.39 is 0 Å². The van der Waals surface area contributed by atoms with Crippen LogP contribution in [0.2, 0.25) is 5.02 Å². The average molecular weight is 386 g/mol. The Balaban J connectivity index is 1.41. The predicted octanol–water partition coefficient (Wildman–Crippen LogP) is 4.06. The summed E-state index contributed by atoms with van der Waals surface area (Å²) < 4.78 is 1.86. The fraction of sp³-hybridized carbons (Fsp3) is 0.222. The Morgan fingerprint density at radius 2 is 2.04 bits per heavy atom. The van der Waals surface area contributed by atoms with Crippen molar-refractivity contribution < 1.29 is 4.79 Å². The van der Waals surface area contributed by atoms with Crippen LogP contribution >= 0.6 is 23.4 Å². The van der Waals surface area contributed by atoms with Crippen LogP contribution in [0.3, 0.4) is 0 Å². The SMILES string of the molecule is O=C(CSc1ccc(Cl)cc1)Nc1cccc(-c2nnnn2C2CC2)c1. The normalized spacial score (nSPS) is 13.6. The van der Waals surface area contributed by atoms with Crippen LogP contribution in [-0.2, 0) is 4.79 Å². The monoisotopic (exact) mass is 385 g/mol. The van der Waals surface area contributed by atoms with Crippen molar-refractivity contribution in [1.82, 2.24) is 20.2 Å². The van der Waals surface area contributed by atoms with E-state index in [-0.39, 0.29) is 5.91 Å². The van der Waals surface area contributed by atoms with E-state index in [2.05, 4.69) is 20.8 Å². The Morgan fingerprint density at radius 3 is 2.81 bits per heavy atom. The van der Waals surface area contributed by atoms with Crippen molar-refractivity contribution in [1.29, 1.82) is 0 Å². The molecule has 0 aliphatic heterocycles. The Kier molecular flexibility index (Phi) is 4.90. The highest BCUT2D eigenvalue weighted by Gasteiger charge is 2.28. The molecule has 0 unspecified atom stereocenters. The summed E-state index contributed by atoms with van der Waals surface area (Å²) in [6, 6.07) is 15.4. The Hall–Kier alpha value is -2.38. The molecule has 26 heavy (non-hydrogen) atoms. The molecule has 6 nitrogen and oxygen atoms in total. The van der Waals surface area contributed by atoms with Crippen LogP contribution < -0.4 is 5.32 Å². The summed E-state index contributed by atoms with van der Waals surface area (Å²) in [7, 11) is 0. The van der Waals surface area contributed by atoms with Gasteiger partial charge in [0.05, 0.1) is 11.8 Å². The molecule has 1 aliphatic rings. The highest BCUT2D eigenvalue weighted by molar-refractivity contribution is 8.00. The molecule has 2 aromatic carbocycles. The minimum Gasteiger partial charge on any atom is -0.325 e. The van der Waals surface area contributed by atoms with Gasteiger partial charge in [-0.2, -0.15) is 0 Å². The molecule has 0 radical (unpaired) electrons. The number of halogens is 1. The second-order valence-corrected chi connectivity index (χ2v) is 7.54. The molecule has 8 heteroatoms. The predicted molar refractivity (Wildman–Crippen MR) is 102 cm³/mol. The number of aromatic nitrogens is 4. The van der Waals surface area contributed by atoms with Gasteiger partial charge < -0.3 is 5.32 Å². The first kappa shape index (κ1) is 17.1. The van der Waals surface area contributed by atoms with Crippen LogP contribution in [0.1, 0.15) is 18.9 Å². The van der Waals surface area contributed by atoms with Crippen molar-refractivity contribution >= 4 is 35.0 Å². The first-order chi connectivity index (χ1) is 12.7. The topological polar surface area (TPSA) is 72.7 Å². The van der Waals surface area contributed by atoms with Gasteiger partial charge in [-0.15, -0.1) is 16.9 Å². The summed E-state index contributed by atoms with van der Waals surface area (Å²) in [4.78, 5) is 13.2. The molecular formula is C18H16ClN5OS. The Morgan fingerprint density at radius 1 is 1.23 bits per heavy atom. The molecule has 1 aromatic heterocycles. The minimum absolute atomic E-state index is 0.0658. The highest BCUT2D eigenvalue weighted by atomic mass is 35.5. The van der Waals surface area contributed by atoms with Crippen LogP contribution in [0.25, 0.3) is 11.4 Å². The van der Waals surface area contributed by atoms with Crippen molar-refractivity contribution in [3.05, 3.63) is 53.6 Å². The minimum atomic E-state index is -0.0658. The lowest BCUT2D eigenvalue weighted by atomic mass is 10.2. The summed E-state index contributed by atoms with van der Waals surface area (Å²) in [5, 5.41) is 15.6. The number of hydrogen-bond donors (Lipinski definition) is 1. The maximum Gasteiger partial charge on any atom is 0.234 e. The number of anilines is 1. The van der Waals surface area contributed by atoms with Crippen LogP contribution in [0.15, 0.2) is 53.4 Å². The summed E-state index contributed by atoms with van der Waals surface area (Å²) >= 11 is 7.33. The zero-order valence-electron chi connectivity index (χ0n) is 13.8. The molecule has 0 atom stereocenters. The summed E-state index contributed by atoms with van der Waals surface area (Å²) in [6.07, 6.45) is 2.22. The number of carbonyl (C=O) groups excluding carboxylic acids is 1. The van der Waals surface area contributed by atoms with Gasteiger partial charge in [-0.1, -0.05) is 23.7 Å². The van der Waals surface area contributed by atoms with Gasteiger partial charge in [0.1, 0.15) is 0 Å². The molecule has 1 fully saturated rings. The third kappa shape index (κ3) is 4.05. The zero-order chi connectivity index (χ0) is 17.9. The van der Waals surface area contributed by atoms with Gasteiger partial charge >= 0.3 is 0 Å². The van der Waals surface area contributed by atoms with E-state index in [0.717, 1.165) is 34.8 Å². The summed E-state index contributed by atoms with van der Waals surface area (Å²) in [5.41, 5.74) is 1.62. The van der Waals surface area contributed by atoms with Crippen LogP contribution in [0, 0.1) is 0 Å². The molecule has 1 amide bonds. The van der Waals surface area contributed by atoms with E-state index in [1.54, 1.807) is 0 Å². The standard InChI is InChI=1S/C18H16ClN5OS/c19-13-4-8-16(9-5-13)26-11-17(25)20-14-3-1-2-12(10-14)18-21-22-23-24(18)15-6-7-15/h1-5,8-10,15H,6-7,11H2,(H,20,25). The number of nitrogens with zero attached hydrogens (tertiary/aromatic N) is 4. The third-order valence-electron chi connectivity index (χ3n) is 3.97. The second kappa shape index (κ2) is 7.47. The maximum atomic E-state index is 12.2. The zero-order valence-corrected chi connectivity index (χ0v) is 15.4. The molecular weight excluding hydrogens is 370 g/mol. The van der Waals surface area contributed by atoms with Crippen LogP contribution in [-0.4, -0.2) is 31.9 Å². The van der Waals surface area contributed by atoms with E-state index in [9.17, 15) is 4.79 Å². The van der Waals surface area contributed by atoms with Crippen molar-refractivity contribution in [2.45, 2.75) is 23.8 Å². The molecule has 0 saturated heterocycles. The Labute approximate surface area is 159 Å². The van der Waals surface area contributed by atoms with Gasteiger partial charge in [-0.05, 0) is 59.7 Å². The number of tetrazole rings is 1. The van der Waals surface area contributed by atoms with Crippen LogP contribution in [0.5, 0.6) is 0 Å². The van der Waals surface area contributed by atoms with Gasteiger partial charge in [0.15, 0.2) is 5.82 Å². The molecule has 4 rings (SSSR count). The maximum absolute atomic E-state index is 12.2. The van der Waals surface area contributed by atoms with Gasteiger partial charge in [-0.3, -0.25) is 4.79 Å². The molecule has 1 N–H and O–H groups in total. The number of nitrogens with one attached hydrogen (secondary N) is 1. The number of benzene rings is 2. The largest absolute Gasteiger partial charge is 0.325 e. The Bertz CT molecular complexity index is 923. The number of amides is 1. The van der Waals surface area contributed by atoms with Gasteiger partial charge in [0, 0.05) is 21.2 Å². The highest BCUT2D eigenvalue weighted by Crippen LogP contribution is 2.36. The molecule has 0 bridgehead atoms. The quantitative estimate of drug-likeness (QED) is 0.648. The van der Waals surface area contributed by atoms with Crippen molar-refractivity contribution in [3.8, 4) is 11.4 Å². The molecule has 0 spiro atoms. The smallest absolute Gasteiger partial charge is 0.234 e. The molecule has 132 valence electrons. The molecule has 1 saturated carbocycles. The lowest BCUT2D eigenvalue weighted by molar-refractivity contribution is -0.113. The van der Waals surface area contributed by atoms with Crippen molar-refractivity contribution in [3.63, 3.8) is 0 Å². The summed E-state index contributed by atoms with van der Waals surface area (Å²) in [5.74, 6) is 0.995. The molecule has 1 heterocycles. The molecule has 1 aliphatic carbocycles. The van der Waals surface area contributed by atoms with E-state index in [1.807, 2.05) is 53.2 Å². The third-order valence-corrected chi connectivity index (χ3v) is 5.24. The van der Waals surface area contributed by atoms with E-state index >= 15 is 0 Å². The lowest BCUT2D eigenvalue weighted by Gasteiger charge is -2.08. The van der Waals surface area contributed by atoms with E-state index in [1.165, 1.54) is 11.8 Å². The number of thioether (sulfide) groups is 1. The average Bonchev–Trinajstić information content (AvgIpc) is 3.38. The van der Waals surface area contributed by atoms with E-state index in [4.69, 9.17) is 11.6 Å². The van der Waals surface area contributed by atoms with Crippen molar-refractivity contribution in [2.75, 3.05) is 11.1 Å². The number of hydrogen-bond acceptors (Lipinski definition) is 5. The van der Waals surface area contributed by atoms with Crippen LogP contribution in [0.4, 0.5) is 5.69 Å². The van der Waals surface area contributed by atoms with Gasteiger partial charge in [0.2, 0.25) is 5.91 Å². The number of rotatable bonds is 6. The first-order valence-electron chi connectivity index (χ1n) is 8.25. The van der Waals surface area contributed by atoms with Gasteiger partial charge in [-0.25, -0.2) is 4.68 Å². The summed E-state index contributed by atoms with van der Waals surface area (Å²) in [6.45, 7) is 0. The lowest BCUT2D eigenvalue weighted by Crippen LogP contribution is -2.14. The first-order valence-corrected chi connectivity index (χ1v) is 9.62. The number of carbonyl (C=O) groups is 1. The second-order valence-electron chi connectivity index (χ2n) is 6.05. The van der Waals surface area contributed by atoms with Crippen molar-refractivity contribution in [2.24, 2.45) is 0 Å². The molecule has 3 aromatic rings. The fourth-order valence-electron chi connectivity index (χ4n) is 2.56.